The van der Waals surface area contributed by atoms with E-state index in [1.807, 2.05) is 12.1 Å². The van der Waals surface area contributed by atoms with Crippen LogP contribution in [0.4, 0.5) is 0 Å². The second kappa shape index (κ2) is 7.59. The summed E-state index contributed by atoms with van der Waals surface area (Å²) in [6, 6.07) is 5.70. The number of alkyl halides is 1. The van der Waals surface area contributed by atoms with Gasteiger partial charge in [0, 0.05) is 19.0 Å². The van der Waals surface area contributed by atoms with E-state index in [-0.39, 0.29) is 5.41 Å². The molecule has 0 aliphatic rings. The molecule has 1 nitrogen and oxygen atoms in total. The molecule has 0 spiro atoms. The summed E-state index contributed by atoms with van der Waals surface area (Å²) < 4.78 is 0. The first-order valence-corrected chi connectivity index (χ1v) is 7.57. The first-order chi connectivity index (χ1) is 8.58. The van der Waals surface area contributed by atoms with Crippen LogP contribution >= 0.6 is 34.8 Å². The molecule has 0 saturated carbocycles. The van der Waals surface area contributed by atoms with Crippen LogP contribution in [-0.2, 0) is 6.54 Å². The standard InChI is InChI=1S/C14H20Cl3N/c1-3-14(4-2,9-15)10-18-8-11-6-5-7-12(16)13(11)17/h5-7,18H,3-4,8-10H2,1-2H3. The zero-order valence-corrected chi connectivity index (χ0v) is 13.2. The molecule has 1 N–H and O–H groups in total. The second-order valence-electron chi connectivity index (χ2n) is 4.66. The van der Waals surface area contributed by atoms with Crippen LogP contribution in [0.25, 0.3) is 0 Å². The first-order valence-electron chi connectivity index (χ1n) is 6.28. The van der Waals surface area contributed by atoms with Gasteiger partial charge in [-0.3, -0.25) is 0 Å². The zero-order chi connectivity index (χ0) is 13.6. The number of rotatable bonds is 7. The van der Waals surface area contributed by atoms with Gasteiger partial charge in [-0.15, -0.1) is 11.6 Å². The highest BCUT2D eigenvalue weighted by atomic mass is 35.5. The van der Waals surface area contributed by atoms with Gasteiger partial charge >= 0.3 is 0 Å². The summed E-state index contributed by atoms with van der Waals surface area (Å²) in [6.45, 7) is 5.98. The average Bonchev–Trinajstić information content (AvgIpc) is 2.40. The topological polar surface area (TPSA) is 12.0 Å². The molecular formula is C14H20Cl3N. The molecule has 1 aromatic rings. The lowest BCUT2D eigenvalue weighted by atomic mass is 9.84. The van der Waals surface area contributed by atoms with Crippen molar-refractivity contribution in [3.05, 3.63) is 33.8 Å². The van der Waals surface area contributed by atoms with Crippen molar-refractivity contribution in [2.45, 2.75) is 33.2 Å². The van der Waals surface area contributed by atoms with E-state index in [9.17, 15) is 0 Å². The van der Waals surface area contributed by atoms with Crippen molar-refractivity contribution in [2.75, 3.05) is 12.4 Å². The molecule has 1 rings (SSSR count). The maximum atomic E-state index is 6.15. The summed E-state index contributed by atoms with van der Waals surface area (Å²) in [7, 11) is 0. The third kappa shape index (κ3) is 4.03. The molecule has 0 heterocycles. The molecule has 0 aliphatic carbocycles. The fourth-order valence-electron chi connectivity index (χ4n) is 1.88. The molecule has 0 aromatic heterocycles. The highest BCUT2D eigenvalue weighted by Gasteiger charge is 2.24. The van der Waals surface area contributed by atoms with Crippen LogP contribution in [0.3, 0.4) is 0 Å². The summed E-state index contributed by atoms with van der Waals surface area (Å²) in [5, 5.41) is 4.67. The van der Waals surface area contributed by atoms with Gasteiger partial charge in [0.25, 0.3) is 0 Å². The molecule has 1 aromatic carbocycles. The van der Waals surface area contributed by atoms with Gasteiger partial charge < -0.3 is 5.32 Å². The lowest BCUT2D eigenvalue weighted by Gasteiger charge is -2.29. The summed E-state index contributed by atoms with van der Waals surface area (Å²) in [5.41, 5.74) is 1.20. The minimum absolute atomic E-state index is 0.173. The minimum Gasteiger partial charge on any atom is -0.312 e. The van der Waals surface area contributed by atoms with Crippen LogP contribution in [0, 0.1) is 5.41 Å². The van der Waals surface area contributed by atoms with E-state index in [2.05, 4.69) is 19.2 Å². The second-order valence-corrected chi connectivity index (χ2v) is 5.71. The number of hydrogen-bond acceptors (Lipinski definition) is 1. The van der Waals surface area contributed by atoms with E-state index in [1.54, 1.807) is 6.07 Å². The summed E-state index contributed by atoms with van der Waals surface area (Å²) in [4.78, 5) is 0. The molecule has 0 atom stereocenters. The first kappa shape index (κ1) is 16.1. The monoisotopic (exact) mass is 307 g/mol. The maximum Gasteiger partial charge on any atom is 0.0637 e. The number of benzene rings is 1. The summed E-state index contributed by atoms with van der Waals surface area (Å²) in [5.74, 6) is 0.677. The van der Waals surface area contributed by atoms with E-state index < -0.39 is 0 Å². The molecule has 0 unspecified atom stereocenters. The van der Waals surface area contributed by atoms with Gasteiger partial charge in [0.15, 0.2) is 0 Å². The van der Waals surface area contributed by atoms with Gasteiger partial charge in [-0.25, -0.2) is 0 Å². The maximum absolute atomic E-state index is 6.15. The quantitative estimate of drug-likeness (QED) is 0.689. The molecule has 0 radical (unpaired) electrons. The van der Waals surface area contributed by atoms with E-state index in [1.165, 1.54) is 0 Å². The lowest BCUT2D eigenvalue weighted by molar-refractivity contribution is 0.286. The predicted molar refractivity (Wildman–Crippen MR) is 81.9 cm³/mol. The van der Waals surface area contributed by atoms with E-state index >= 15 is 0 Å². The van der Waals surface area contributed by atoms with Gasteiger partial charge in [-0.05, 0) is 29.9 Å². The van der Waals surface area contributed by atoms with Crippen molar-refractivity contribution in [1.29, 1.82) is 0 Å². The van der Waals surface area contributed by atoms with Crippen LogP contribution in [0.5, 0.6) is 0 Å². The van der Waals surface area contributed by atoms with Gasteiger partial charge in [-0.1, -0.05) is 49.2 Å². The van der Waals surface area contributed by atoms with E-state index in [0.717, 1.165) is 31.5 Å². The Morgan fingerprint density at radius 1 is 1.17 bits per heavy atom. The van der Waals surface area contributed by atoms with Crippen LogP contribution in [0.1, 0.15) is 32.3 Å². The van der Waals surface area contributed by atoms with Crippen molar-refractivity contribution < 1.29 is 0 Å². The number of hydrogen-bond donors (Lipinski definition) is 1. The molecule has 4 heteroatoms. The molecule has 0 aliphatic heterocycles. The van der Waals surface area contributed by atoms with Crippen molar-refractivity contribution in [3.8, 4) is 0 Å². The SMILES string of the molecule is CCC(CC)(CCl)CNCc1cccc(Cl)c1Cl. The van der Waals surface area contributed by atoms with Gasteiger partial charge in [0.2, 0.25) is 0 Å². The van der Waals surface area contributed by atoms with Crippen LogP contribution in [0.15, 0.2) is 18.2 Å². The molecule has 0 bridgehead atoms. The average molecular weight is 309 g/mol. The largest absolute Gasteiger partial charge is 0.312 e. The Morgan fingerprint density at radius 3 is 2.39 bits per heavy atom. The zero-order valence-electron chi connectivity index (χ0n) is 10.9. The van der Waals surface area contributed by atoms with Gasteiger partial charge in [0.1, 0.15) is 0 Å². The Labute approximate surface area is 125 Å². The smallest absolute Gasteiger partial charge is 0.0637 e. The lowest BCUT2D eigenvalue weighted by Crippen LogP contribution is -2.34. The molecule has 18 heavy (non-hydrogen) atoms. The molecule has 0 fully saturated rings. The van der Waals surface area contributed by atoms with Crippen LogP contribution in [-0.4, -0.2) is 12.4 Å². The third-order valence-electron chi connectivity index (χ3n) is 3.63. The Bertz CT molecular complexity index is 367. The van der Waals surface area contributed by atoms with Crippen molar-refractivity contribution in [3.63, 3.8) is 0 Å². The van der Waals surface area contributed by atoms with E-state index in [4.69, 9.17) is 34.8 Å². The Kier molecular flexibility index (Phi) is 6.79. The number of nitrogens with one attached hydrogen (secondary N) is 1. The van der Waals surface area contributed by atoms with Gasteiger partial charge in [0.05, 0.1) is 10.0 Å². The van der Waals surface area contributed by atoms with Crippen molar-refractivity contribution >= 4 is 34.8 Å². The Hall–Kier alpha value is 0.0500. The highest BCUT2D eigenvalue weighted by molar-refractivity contribution is 6.42. The van der Waals surface area contributed by atoms with Crippen molar-refractivity contribution in [2.24, 2.45) is 5.41 Å². The summed E-state index contributed by atoms with van der Waals surface area (Å²) >= 11 is 18.2. The number of halogens is 3. The third-order valence-corrected chi connectivity index (χ3v) is 5.06. The fraction of sp³-hybridized carbons (Fsp3) is 0.571. The molecule has 102 valence electrons. The fourth-order valence-corrected chi connectivity index (χ4v) is 2.74. The molecule has 0 amide bonds. The van der Waals surface area contributed by atoms with E-state index in [0.29, 0.717) is 15.9 Å². The van der Waals surface area contributed by atoms with Crippen LogP contribution < -0.4 is 5.32 Å². The minimum atomic E-state index is 0.173. The van der Waals surface area contributed by atoms with Crippen LogP contribution in [0.2, 0.25) is 10.0 Å². The molecule has 0 saturated heterocycles. The normalized spacial score (nSPS) is 11.8. The van der Waals surface area contributed by atoms with Gasteiger partial charge in [-0.2, -0.15) is 0 Å². The predicted octanol–water partition coefficient (Wildman–Crippen LogP) is 5.13. The Morgan fingerprint density at radius 2 is 1.83 bits per heavy atom. The molecular weight excluding hydrogens is 289 g/mol. The summed E-state index contributed by atoms with van der Waals surface area (Å²) in [6.07, 6.45) is 2.15. The Balaban J connectivity index is 2.58. The van der Waals surface area contributed by atoms with Crippen molar-refractivity contribution in [1.82, 2.24) is 5.32 Å². The highest BCUT2D eigenvalue weighted by Crippen LogP contribution is 2.28.